The Hall–Kier alpha value is -1.55. The highest BCUT2D eigenvalue weighted by Crippen LogP contribution is 2.23. The van der Waals surface area contributed by atoms with Crippen LogP contribution in [0.2, 0.25) is 5.02 Å². The number of ether oxygens (including phenoxy) is 1. The van der Waals surface area contributed by atoms with E-state index in [2.05, 4.69) is 0 Å². The smallest absolute Gasteiger partial charge is 0.328 e. The summed E-state index contributed by atoms with van der Waals surface area (Å²) in [5.74, 6) is -0.483. The van der Waals surface area contributed by atoms with Crippen molar-refractivity contribution in [3.8, 4) is 0 Å². The molecule has 0 aliphatic carbocycles. The van der Waals surface area contributed by atoms with Gasteiger partial charge in [-0.15, -0.1) is 0 Å². The number of rotatable bonds is 3. The van der Waals surface area contributed by atoms with Crippen molar-refractivity contribution in [2.45, 2.75) is 32.7 Å². The van der Waals surface area contributed by atoms with Crippen molar-refractivity contribution in [2.75, 3.05) is 13.2 Å². The summed E-state index contributed by atoms with van der Waals surface area (Å²) in [6.07, 6.45) is 1.47. The van der Waals surface area contributed by atoms with Crippen LogP contribution in [0.15, 0.2) is 18.2 Å². The first kappa shape index (κ1) is 14.9. The van der Waals surface area contributed by atoms with E-state index in [0.717, 1.165) is 12.0 Å². The Kier molecular flexibility index (Phi) is 4.65. The average molecular weight is 296 g/mol. The van der Waals surface area contributed by atoms with Crippen LogP contribution in [-0.2, 0) is 9.53 Å². The molecule has 1 aliphatic heterocycles. The second-order valence-corrected chi connectivity index (χ2v) is 5.36. The van der Waals surface area contributed by atoms with E-state index in [1.807, 2.05) is 6.92 Å². The summed E-state index contributed by atoms with van der Waals surface area (Å²) in [5, 5.41) is 0.528. The fourth-order valence-electron chi connectivity index (χ4n) is 2.52. The molecule has 0 aromatic heterocycles. The minimum absolute atomic E-state index is 0.161. The van der Waals surface area contributed by atoms with E-state index in [-0.39, 0.29) is 11.9 Å². The highest BCUT2D eigenvalue weighted by molar-refractivity contribution is 6.31. The Morgan fingerprint density at radius 3 is 2.80 bits per heavy atom. The van der Waals surface area contributed by atoms with Gasteiger partial charge in [-0.1, -0.05) is 11.6 Å². The summed E-state index contributed by atoms with van der Waals surface area (Å²) in [4.78, 5) is 26.0. The third kappa shape index (κ3) is 3.12. The third-order valence-corrected chi connectivity index (χ3v) is 3.58. The van der Waals surface area contributed by atoms with Crippen molar-refractivity contribution in [1.29, 1.82) is 0 Å². The first-order valence-corrected chi connectivity index (χ1v) is 7.15. The van der Waals surface area contributed by atoms with Gasteiger partial charge in [-0.3, -0.25) is 4.79 Å². The van der Waals surface area contributed by atoms with Crippen LogP contribution < -0.4 is 0 Å². The molecule has 1 aromatic carbocycles. The van der Waals surface area contributed by atoms with E-state index < -0.39 is 6.04 Å². The van der Waals surface area contributed by atoms with Crippen LogP contribution in [0.5, 0.6) is 0 Å². The lowest BCUT2D eigenvalue weighted by Crippen LogP contribution is -2.41. The number of hydrogen-bond donors (Lipinski definition) is 0. The molecule has 1 heterocycles. The minimum atomic E-state index is -0.471. The second-order valence-electron chi connectivity index (χ2n) is 4.93. The van der Waals surface area contributed by atoms with Gasteiger partial charge in [0.05, 0.1) is 6.61 Å². The molecule has 0 radical (unpaired) electrons. The van der Waals surface area contributed by atoms with Gasteiger partial charge in [0, 0.05) is 17.1 Å². The molecule has 1 atom stereocenters. The van der Waals surface area contributed by atoms with E-state index in [9.17, 15) is 9.59 Å². The Morgan fingerprint density at radius 1 is 1.40 bits per heavy atom. The van der Waals surface area contributed by atoms with Crippen LogP contribution in [0.4, 0.5) is 0 Å². The third-order valence-electron chi connectivity index (χ3n) is 3.36. The molecular formula is C15H18ClNO3. The van der Waals surface area contributed by atoms with Crippen molar-refractivity contribution < 1.29 is 14.3 Å². The first-order chi connectivity index (χ1) is 9.52. The van der Waals surface area contributed by atoms with Gasteiger partial charge in [0.1, 0.15) is 6.04 Å². The molecule has 1 aromatic rings. The van der Waals surface area contributed by atoms with E-state index in [1.54, 1.807) is 30.0 Å². The highest BCUT2D eigenvalue weighted by Gasteiger charge is 2.35. The standard InChI is InChI=1S/C15H18ClNO3/c1-3-20-15(19)13-5-4-6-17(13)14(18)11-7-10(2)8-12(16)9-11/h7-9,13H,3-6H2,1-2H3. The van der Waals surface area contributed by atoms with Crippen molar-refractivity contribution >= 4 is 23.5 Å². The molecule has 4 nitrogen and oxygen atoms in total. The van der Waals surface area contributed by atoms with Crippen LogP contribution in [0.3, 0.4) is 0 Å². The van der Waals surface area contributed by atoms with Crippen molar-refractivity contribution in [1.82, 2.24) is 4.90 Å². The summed E-state index contributed by atoms with van der Waals surface area (Å²) >= 11 is 5.99. The van der Waals surface area contributed by atoms with E-state index in [1.165, 1.54) is 0 Å². The van der Waals surface area contributed by atoms with Crippen LogP contribution in [0.25, 0.3) is 0 Å². The fraction of sp³-hybridized carbons (Fsp3) is 0.467. The predicted molar refractivity (Wildman–Crippen MR) is 76.9 cm³/mol. The Balaban J connectivity index is 2.21. The number of carbonyl (C=O) groups excluding carboxylic acids is 2. The molecular weight excluding hydrogens is 278 g/mol. The largest absolute Gasteiger partial charge is 0.464 e. The number of likely N-dealkylation sites (tertiary alicyclic amines) is 1. The Labute approximate surface area is 123 Å². The zero-order valence-corrected chi connectivity index (χ0v) is 12.4. The normalized spacial score (nSPS) is 18.1. The molecule has 2 rings (SSSR count). The molecule has 1 unspecified atom stereocenters. The van der Waals surface area contributed by atoms with E-state index in [0.29, 0.717) is 30.2 Å². The number of aryl methyl sites for hydroxylation is 1. The first-order valence-electron chi connectivity index (χ1n) is 6.77. The maximum absolute atomic E-state index is 12.5. The summed E-state index contributed by atoms with van der Waals surface area (Å²) in [7, 11) is 0. The lowest BCUT2D eigenvalue weighted by molar-refractivity contribution is -0.147. The summed E-state index contributed by atoms with van der Waals surface area (Å²) in [6, 6.07) is 4.75. The highest BCUT2D eigenvalue weighted by atomic mass is 35.5. The summed E-state index contributed by atoms with van der Waals surface area (Å²) in [6.45, 7) is 4.55. The maximum Gasteiger partial charge on any atom is 0.328 e. The maximum atomic E-state index is 12.5. The number of hydrogen-bond acceptors (Lipinski definition) is 3. The van der Waals surface area contributed by atoms with Gasteiger partial charge in [-0.05, 0) is 50.5 Å². The quantitative estimate of drug-likeness (QED) is 0.806. The number of amides is 1. The molecule has 0 spiro atoms. The van der Waals surface area contributed by atoms with Gasteiger partial charge in [-0.2, -0.15) is 0 Å². The van der Waals surface area contributed by atoms with Gasteiger partial charge in [0.25, 0.3) is 5.91 Å². The summed E-state index contributed by atoms with van der Waals surface area (Å²) in [5.41, 5.74) is 1.44. The molecule has 0 bridgehead atoms. The number of halogens is 1. The SMILES string of the molecule is CCOC(=O)C1CCCN1C(=O)c1cc(C)cc(Cl)c1. The molecule has 20 heavy (non-hydrogen) atoms. The lowest BCUT2D eigenvalue weighted by atomic mass is 10.1. The van der Waals surface area contributed by atoms with Crippen molar-refractivity contribution in [3.63, 3.8) is 0 Å². The number of esters is 1. The van der Waals surface area contributed by atoms with Crippen LogP contribution in [-0.4, -0.2) is 36.0 Å². The Morgan fingerprint density at radius 2 is 2.15 bits per heavy atom. The molecule has 5 heteroatoms. The van der Waals surface area contributed by atoms with Gasteiger partial charge in [-0.25, -0.2) is 4.79 Å². The van der Waals surface area contributed by atoms with Crippen LogP contribution in [0.1, 0.15) is 35.7 Å². The fourth-order valence-corrected chi connectivity index (χ4v) is 2.81. The van der Waals surface area contributed by atoms with E-state index in [4.69, 9.17) is 16.3 Å². The summed E-state index contributed by atoms with van der Waals surface area (Å²) < 4.78 is 5.03. The van der Waals surface area contributed by atoms with Gasteiger partial charge < -0.3 is 9.64 Å². The number of benzene rings is 1. The van der Waals surface area contributed by atoms with Gasteiger partial charge in [0.2, 0.25) is 0 Å². The van der Waals surface area contributed by atoms with Crippen LogP contribution in [0, 0.1) is 6.92 Å². The van der Waals surface area contributed by atoms with Crippen LogP contribution >= 0.6 is 11.6 Å². The number of nitrogens with zero attached hydrogens (tertiary/aromatic N) is 1. The molecule has 1 aliphatic rings. The molecule has 108 valence electrons. The molecule has 1 amide bonds. The molecule has 0 N–H and O–H groups in total. The average Bonchev–Trinajstić information content (AvgIpc) is 2.86. The Bertz CT molecular complexity index is 510. The van der Waals surface area contributed by atoms with Gasteiger partial charge >= 0.3 is 5.97 Å². The van der Waals surface area contributed by atoms with Crippen molar-refractivity contribution in [3.05, 3.63) is 34.3 Å². The minimum Gasteiger partial charge on any atom is -0.464 e. The van der Waals surface area contributed by atoms with Crippen molar-refractivity contribution in [2.24, 2.45) is 0 Å². The monoisotopic (exact) mass is 295 g/mol. The topological polar surface area (TPSA) is 46.6 Å². The molecule has 1 saturated heterocycles. The zero-order valence-electron chi connectivity index (χ0n) is 11.7. The molecule has 0 saturated carbocycles. The second kappa shape index (κ2) is 6.27. The molecule has 1 fully saturated rings. The number of carbonyl (C=O) groups is 2. The lowest BCUT2D eigenvalue weighted by Gasteiger charge is -2.23. The van der Waals surface area contributed by atoms with Gasteiger partial charge in [0.15, 0.2) is 0 Å². The zero-order chi connectivity index (χ0) is 14.7. The van der Waals surface area contributed by atoms with E-state index >= 15 is 0 Å². The predicted octanol–water partition coefficient (Wildman–Crippen LogP) is 2.82.